The van der Waals surface area contributed by atoms with Crippen molar-refractivity contribution in [2.75, 3.05) is 10.6 Å². The number of benzene rings is 1. The molecule has 0 spiro atoms. The molecular formula is C19H13FN6O2. The summed E-state index contributed by atoms with van der Waals surface area (Å²) < 4.78 is 13.2. The second-order valence-electron chi connectivity index (χ2n) is 5.88. The number of H-pyrrole nitrogens is 1. The molecule has 0 radical (unpaired) electrons. The molecule has 0 bridgehead atoms. The van der Waals surface area contributed by atoms with Crippen LogP contribution in [0.25, 0.3) is 10.9 Å². The Labute approximate surface area is 157 Å². The summed E-state index contributed by atoms with van der Waals surface area (Å²) in [6.45, 7) is 0. The Kier molecular flexibility index (Phi) is 4.47. The van der Waals surface area contributed by atoms with Crippen LogP contribution in [-0.4, -0.2) is 32.0 Å². The van der Waals surface area contributed by atoms with Crippen LogP contribution in [0.1, 0.15) is 20.8 Å². The molecule has 0 saturated heterocycles. The Hall–Kier alpha value is -4.14. The van der Waals surface area contributed by atoms with Gasteiger partial charge in [0, 0.05) is 11.6 Å². The fourth-order valence-electron chi connectivity index (χ4n) is 2.62. The number of hydrogen-bond acceptors (Lipinski definition) is 5. The van der Waals surface area contributed by atoms with Gasteiger partial charge in [-0.25, -0.2) is 4.39 Å². The molecule has 0 unspecified atom stereocenters. The van der Waals surface area contributed by atoms with E-state index in [0.29, 0.717) is 5.69 Å². The highest BCUT2D eigenvalue weighted by atomic mass is 19.1. The van der Waals surface area contributed by atoms with E-state index in [1.165, 1.54) is 18.6 Å². The zero-order valence-corrected chi connectivity index (χ0v) is 14.3. The third-order valence-electron chi connectivity index (χ3n) is 3.93. The van der Waals surface area contributed by atoms with Crippen molar-refractivity contribution in [1.82, 2.24) is 20.2 Å². The summed E-state index contributed by atoms with van der Waals surface area (Å²) in [6, 6.07) is 10.3. The number of nitrogens with one attached hydrogen (secondary N) is 3. The van der Waals surface area contributed by atoms with Crippen molar-refractivity contribution in [3.63, 3.8) is 0 Å². The number of para-hydroxylation sites is 1. The molecule has 0 fully saturated rings. The first-order valence-electron chi connectivity index (χ1n) is 8.21. The minimum Gasteiger partial charge on any atom is -0.319 e. The van der Waals surface area contributed by atoms with Crippen LogP contribution in [0.15, 0.2) is 61.2 Å². The van der Waals surface area contributed by atoms with E-state index in [1.54, 1.807) is 6.07 Å². The summed E-state index contributed by atoms with van der Waals surface area (Å²) in [5, 5.41) is 12.4. The van der Waals surface area contributed by atoms with Crippen LogP contribution < -0.4 is 10.6 Å². The molecule has 2 amide bonds. The minimum absolute atomic E-state index is 0.0197. The number of fused-ring (bicyclic) bond motifs is 1. The summed E-state index contributed by atoms with van der Waals surface area (Å²) in [6.07, 6.45) is 5.04. The van der Waals surface area contributed by atoms with E-state index in [-0.39, 0.29) is 16.9 Å². The number of hydrogen-bond donors (Lipinski definition) is 3. The second kappa shape index (κ2) is 7.23. The molecule has 138 valence electrons. The van der Waals surface area contributed by atoms with Gasteiger partial charge in [-0.3, -0.25) is 24.7 Å². The van der Waals surface area contributed by atoms with E-state index in [0.717, 1.165) is 23.2 Å². The number of aromatic nitrogens is 4. The fourth-order valence-corrected chi connectivity index (χ4v) is 2.62. The lowest BCUT2D eigenvalue weighted by Crippen LogP contribution is -2.18. The average Bonchev–Trinajstić information content (AvgIpc) is 3.16. The molecule has 3 heterocycles. The van der Waals surface area contributed by atoms with Gasteiger partial charge in [0.05, 0.1) is 41.0 Å². The number of carbonyl (C=O) groups excluding carboxylic acids is 2. The van der Waals surface area contributed by atoms with Crippen molar-refractivity contribution in [2.24, 2.45) is 0 Å². The molecule has 0 aliphatic heterocycles. The van der Waals surface area contributed by atoms with Gasteiger partial charge in [-0.1, -0.05) is 18.2 Å². The molecule has 0 atom stereocenters. The maximum absolute atomic E-state index is 13.2. The van der Waals surface area contributed by atoms with E-state index >= 15 is 0 Å². The molecule has 4 rings (SSSR count). The first kappa shape index (κ1) is 17.3. The molecule has 0 aliphatic carbocycles. The molecule has 8 nitrogen and oxygen atoms in total. The maximum atomic E-state index is 13.2. The average molecular weight is 376 g/mol. The monoisotopic (exact) mass is 376 g/mol. The van der Waals surface area contributed by atoms with Crippen LogP contribution in [0.2, 0.25) is 0 Å². The highest BCUT2D eigenvalue weighted by Crippen LogP contribution is 2.19. The molecule has 3 N–H and O–H groups in total. The van der Waals surface area contributed by atoms with E-state index < -0.39 is 17.6 Å². The fraction of sp³-hybridized carbons (Fsp3) is 0. The van der Waals surface area contributed by atoms with Crippen molar-refractivity contribution in [2.45, 2.75) is 0 Å². The Morgan fingerprint density at radius 1 is 0.964 bits per heavy atom. The largest absolute Gasteiger partial charge is 0.319 e. The maximum Gasteiger partial charge on any atom is 0.275 e. The first-order valence-corrected chi connectivity index (χ1v) is 8.21. The lowest BCUT2D eigenvalue weighted by Gasteiger charge is -2.08. The van der Waals surface area contributed by atoms with Crippen molar-refractivity contribution in [1.29, 1.82) is 0 Å². The van der Waals surface area contributed by atoms with Crippen LogP contribution in [0, 0.1) is 5.82 Å². The smallest absolute Gasteiger partial charge is 0.275 e. The van der Waals surface area contributed by atoms with Gasteiger partial charge in [-0.05, 0) is 18.2 Å². The number of pyridine rings is 2. The van der Waals surface area contributed by atoms with Gasteiger partial charge in [0.1, 0.15) is 11.5 Å². The molecule has 9 heteroatoms. The van der Waals surface area contributed by atoms with Crippen molar-refractivity contribution in [3.8, 4) is 0 Å². The van der Waals surface area contributed by atoms with Crippen molar-refractivity contribution >= 4 is 34.1 Å². The normalized spacial score (nSPS) is 10.6. The van der Waals surface area contributed by atoms with E-state index in [2.05, 4.69) is 30.8 Å². The SMILES string of the molecule is O=C(Nc1cn[nH]c1C(=O)Nc1cnc2ccccc2c1)c1cncc(F)c1. The van der Waals surface area contributed by atoms with Gasteiger partial charge in [-0.15, -0.1) is 0 Å². The van der Waals surface area contributed by atoms with Gasteiger partial charge in [0.25, 0.3) is 11.8 Å². The number of amides is 2. The number of halogens is 1. The van der Waals surface area contributed by atoms with Gasteiger partial charge < -0.3 is 10.6 Å². The highest BCUT2D eigenvalue weighted by Gasteiger charge is 2.17. The topological polar surface area (TPSA) is 113 Å². The Morgan fingerprint density at radius 2 is 1.82 bits per heavy atom. The Bertz CT molecular complexity index is 1190. The van der Waals surface area contributed by atoms with Gasteiger partial charge in [-0.2, -0.15) is 5.10 Å². The predicted molar refractivity (Wildman–Crippen MR) is 100 cm³/mol. The van der Waals surface area contributed by atoms with Crippen molar-refractivity contribution < 1.29 is 14.0 Å². The van der Waals surface area contributed by atoms with E-state index in [9.17, 15) is 14.0 Å². The number of rotatable bonds is 4. The zero-order valence-electron chi connectivity index (χ0n) is 14.3. The summed E-state index contributed by atoms with van der Waals surface area (Å²) >= 11 is 0. The van der Waals surface area contributed by atoms with Gasteiger partial charge in [0.2, 0.25) is 0 Å². The van der Waals surface area contributed by atoms with Crippen LogP contribution in [0.3, 0.4) is 0 Å². The molecule has 0 saturated carbocycles. The summed E-state index contributed by atoms with van der Waals surface area (Å²) in [5.74, 6) is -1.77. The quantitative estimate of drug-likeness (QED) is 0.507. The predicted octanol–water partition coefficient (Wildman–Crippen LogP) is 3.00. The number of nitrogens with zero attached hydrogens (tertiary/aromatic N) is 3. The molecule has 3 aromatic heterocycles. The van der Waals surface area contributed by atoms with Crippen LogP contribution >= 0.6 is 0 Å². The molecular weight excluding hydrogens is 363 g/mol. The van der Waals surface area contributed by atoms with Crippen LogP contribution in [-0.2, 0) is 0 Å². The number of carbonyl (C=O) groups is 2. The lowest BCUT2D eigenvalue weighted by atomic mass is 10.2. The van der Waals surface area contributed by atoms with Crippen LogP contribution in [0.5, 0.6) is 0 Å². The van der Waals surface area contributed by atoms with Crippen LogP contribution in [0.4, 0.5) is 15.8 Å². The molecule has 28 heavy (non-hydrogen) atoms. The minimum atomic E-state index is -0.637. The Morgan fingerprint density at radius 3 is 2.68 bits per heavy atom. The number of anilines is 2. The second-order valence-corrected chi connectivity index (χ2v) is 5.88. The first-order chi connectivity index (χ1) is 13.6. The molecule has 0 aliphatic rings. The third kappa shape index (κ3) is 3.54. The third-order valence-corrected chi connectivity index (χ3v) is 3.93. The molecule has 4 aromatic rings. The summed E-state index contributed by atoms with van der Waals surface area (Å²) in [7, 11) is 0. The summed E-state index contributed by atoms with van der Waals surface area (Å²) in [4.78, 5) is 32.7. The van der Waals surface area contributed by atoms with Gasteiger partial charge >= 0.3 is 0 Å². The summed E-state index contributed by atoms with van der Waals surface area (Å²) in [5.41, 5.74) is 1.52. The van der Waals surface area contributed by atoms with E-state index in [1.807, 2.05) is 24.3 Å². The van der Waals surface area contributed by atoms with Crippen molar-refractivity contribution in [3.05, 3.63) is 78.3 Å². The number of aromatic amines is 1. The zero-order chi connectivity index (χ0) is 19.5. The van der Waals surface area contributed by atoms with E-state index in [4.69, 9.17) is 0 Å². The van der Waals surface area contributed by atoms with Gasteiger partial charge in [0.15, 0.2) is 0 Å². The lowest BCUT2D eigenvalue weighted by molar-refractivity contribution is 0.102. The Balaban J connectivity index is 1.52. The molecule has 1 aromatic carbocycles. The standard InChI is InChI=1S/C19H13FN6O2/c20-13-5-12(7-21-8-13)18(27)25-16-10-23-26-17(16)19(28)24-14-6-11-3-1-2-4-15(11)22-9-14/h1-10H,(H,23,26)(H,24,28)(H,25,27). The highest BCUT2D eigenvalue weighted by molar-refractivity contribution is 6.11.